The minimum atomic E-state index is -0.667. The third kappa shape index (κ3) is 2.74. The van der Waals surface area contributed by atoms with Gasteiger partial charge in [0.05, 0.1) is 11.7 Å². The first-order valence-electron chi connectivity index (χ1n) is 6.25. The molecule has 1 aliphatic heterocycles. The fourth-order valence-electron chi connectivity index (χ4n) is 2.57. The van der Waals surface area contributed by atoms with Crippen molar-refractivity contribution in [2.45, 2.75) is 63.3 Å². The van der Waals surface area contributed by atoms with Crippen LogP contribution < -0.4 is 5.32 Å². The van der Waals surface area contributed by atoms with E-state index in [1.165, 1.54) is 0 Å². The Bertz CT molecular complexity index is 261. The molecule has 0 spiro atoms. The van der Waals surface area contributed by atoms with Crippen molar-refractivity contribution in [2.75, 3.05) is 6.54 Å². The van der Waals surface area contributed by atoms with Crippen LogP contribution in [0.5, 0.6) is 0 Å². The van der Waals surface area contributed by atoms with Crippen LogP contribution >= 0.6 is 0 Å². The SMILES string of the molecule is CC1CCC(C(=O)NCC2(O)CCCC2)O1. The number of carbonyl (C=O) groups excluding carboxylic acids is 1. The highest BCUT2D eigenvalue weighted by Gasteiger charge is 2.33. The lowest BCUT2D eigenvalue weighted by atomic mass is 10.0. The molecule has 4 nitrogen and oxygen atoms in total. The first kappa shape index (κ1) is 11.9. The van der Waals surface area contributed by atoms with E-state index >= 15 is 0 Å². The molecule has 1 saturated heterocycles. The molecule has 1 amide bonds. The Hall–Kier alpha value is -0.610. The van der Waals surface area contributed by atoms with Gasteiger partial charge in [-0.15, -0.1) is 0 Å². The molecule has 2 atom stereocenters. The van der Waals surface area contributed by atoms with Gasteiger partial charge in [-0.2, -0.15) is 0 Å². The highest BCUT2D eigenvalue weighted by molar-refractivity contribution is 5.81. The van der Waals surface area contributed by atoms with E-state index in [9.17, 15) is 9.90 Å². The summed E-state index contributed by atoms with van der Waals surface area (Å²) in [5.74, 6) is -0.0651. The van der Waals surface area contributed by atoms with Crippen LogP contribution in [0.2, 0.25) is 0 Å². The van der Waals surface area contributed by atoms with Crippen LogP contribution in [0.4, 0.5) is 0 Å². The smallest absolute Gasteiger partial charge is 0.249 e. The minimum absolute atomic E-state index is 0.0651. The normalized spacial score (nSPS) is 32.9. The average molecular weight is 227 g/mol. The van der Waals surface area contributed by atoms with Crippen LogP contribution in [0.15, 0.2) is 0 Å². The molecule has 0 aromatic heterocycles. The number of ether oxygens (including phenoxy) is 1. The molecule has 16 heavy (non-hydrogen) atoms. The second-order valence-electron chi connectivity index (χ2n) is 5.16. The zero-order valence-electron chi connectivity index (χ0n) is 9.87. The zero-order chi connectivity index (χ0) is 11.6. The van der Waals surface area contributed by atoms with Gasteiger partial charge in [-0.3, -0.25) is 4.79 Å². The molecule has 1 aliphatic carbocycles. The van der Waals surface area contributed by atoms with Crippen molar-refractivity contribution in [2.24, 2.45) is 0 Å². The molecular weight excluding hydrogens is 206 g/mol. The molecule has 2 unspecified atom stereocenters. The monoisotopic (exact) mass is 227 g/mol. The number of rotatable bonds is 3. The predicted molar refractivity (Wildman–Crippen MR) is 60.0 cm³/mol. The van der Waals surface area contributed by atoms with Gasteiger partial charge < -0.3 is 15.2 Å². The van der Waals surface area contributed by atoms with Crippen molar-refractivity contribution in [1.29, 1.82) is 0 Å². The van der Waals surface area contributed by atoms with Crippen molar-refractivity contribution in [3.8, 4) is 0 Å². The number of aliphatic hydroxyl groups is 1. The molecule has 2 aliphatic rings. The third-order valence-electron chi connectivity index (χ3n) is 3.65. The second kappa shape index (κ2) is 4.72. The van der Waals surface area contributed by atoms with E-state index in [2.05, 4.69) is 5.32 Å². The Morgan fingerprint density at radius 1 is 1.44 bits per heavy atom. The van der Waals surface area contributed by atoms with Gasteiger partial charge in [0, 0.05) is 6.54 Å². The van der Waals surface area contributed by atoms with E-state index in [0.29, 0.717) is 6.54 Å². The van der Waals surface area contributed by atoms with E-state index in [0.717, 1.165) is 38.5 Å². The summed E-state index contributed by atoms with van der Waals surface area (Å²) < 4.78 is 5.48. The van der Waals surface area contributed by atoms with Crippen molar-refractivity contribution in [3.05, 3.63) is 0 Å². The van der Waals surface area contributed by atoms with Gasteiger partial charge in [-0.05, 0) is 32.6 Å². The second-order valence-corrected chi connectivity index (χ2v) is 5.16. The Morgan fingerprint density at radius 3 is 2.69 bits per heavy atom. The standard InChI is InChI=1S/C12H21NO3/c1-9-4-5-10(16-9)11(14)13-8-12(15)6-2-3-7-12/h9-10,15H,2-8H2,1H3,(H,13,14). The third-order valence-corrected chi connectivity index (χ3v) is 3.65. The number of amides is 1. The van der Waals surface area contributed by atoms with Gasteiger partial charge in [-0.25, -0.2) is 0 Å². The molecule has 1 heterocycles. The van der Waals surface area contributed by atoms with Gasteiger partial charge in [0.15, 0.2) is 0 Å². The maximum Gasteiger partial charge on any atom is 0.249 e. The molecule has 0 bridgehead atoms. The fraction of sp³-hybridized carbons (Fsp3) is 0.917. The molecule has 0 radical (unpaired) electrons. The van der Waals surface area contributed by atoms with Gasteiger partial charge in [-0.1, -0.05) is 12.8 Å². The topological polar surface area (TPSA) is 58.6 Å². The van der Waals surface area contributed by atoms with Crippen molar-refractivity contribution < 1.29 is 14.6 Å². The van der Waals surface area contributed by atoms with Crippen LogP contribution in [0.3, 0.4) is 0 Å². The summed E-state index contributed by atoms with van der Waals surface area (Å²) in [4.78, 5) is 11.7. The van der Waals surface area contributed by atoms with E-state index in [4.69, 9.17) is 4.74 Å². The largest absolute Gasteiger partial charge is 0.388 e. The lowest BCUT2D eigenvalue weighted by Gasteiger charge is -2.23. The maximum atomic E-state index is 11.7. The summed E-state index contributed by atoms with van der Waals surface area (Å²) in [6, 6.07) is 0. The maximum absolute atomic E-state index is 11.7. The van der Waals surface area contributed by atoms with Gasteiger partial charge >= 0.3 is 0 Å². The Kier molecular flexibility index (Phi) is 3.50. The summed E-state index contributed by atoms with van der Waals surface area (Å²) >= 11 is 0. The van der Waals surface area contributed by atoms with Crippen LogP contribution in [0, 0.1) is 0 Å². The first-order valence-corrected chi connectivity index (χ1v) is 6.25. The summed E-state index contributed by atoms with van der Waals surface area (Å²) in [5.41, 5.74) is -0.667. The average Bonchev–Trinajstić information content (AvgIpc) is 2.85. The Labute approximate surface area is 96.4 Å². The van der Waals surface area contributed by atoms with Crippen LogP contribution in [0.1, 0.15) is 45.4 Å². The summed E-state index contributed by atoms with van der Waals surface area (Å²) in [5, 5.41) is 12.9. The van der Waals surface area contributed by atoms with Crippen molar-refractivity contribution in [3.63, 3.8) is 0 Å². The molecule has 92 valence electrons. The number of carbonyl (C=O) groups is 1. The Morgan fingerprint density at radius 2 is 2.12 bits per heavy atom. The highest BCUT2D eigenvalue weighted by atomic mass is 16.5. The van der Waals surface area contributed by atoms with E-state index < -0.39 is 5.60 Å². The molecule has 4 heteroatoms. The quantitative estimate of drug-likeness (QED) is 0.755. The summed E-state index contributed by atoms with van der Waals surface area (Å²) in [7, 11) is 0. The van der Waals surface area contributed by atoms with Gasteiger partial charge in [0.2, 0.25) is 5.91 Å². The number of hydrogen-bond acceptors (Lipinski definition) is 3. The first-order chi connectivity index (χ1) is 7.59. The van der Waals surface area contributed by atoms with Crippen LogP contribution in [-0.4, -0.2) is 35.4 Å². The molecule has 0 aromatic carbocycles. The fourth-order valence-corrected chi connectivity index (χ4v) is 2.57. The summed E-state index contributed by atoms with van der Waals surface area (Å²) in [6.45, 7) is 2.36. The highest BCUT2D eigenvalue weighted by Crippen LogP contribution is 2.28. The lowest BCUT2D eigenvalue weighted by Crippen LogP contribution is -2.44. The predicted octanol–water partition coefficient (Wildman–Crippen LogP) is 0.975. The van der Waals surface area contributed by atoms with E-state index in [1.807, 2.05) is 6.92 Å². The molecule has 2 N–H and O–H groups in total. The molecular formula is C12H21NO3. The summed E-state index contributed by atoms with van der Waals surface area (Å²) in [6.07, 6.45) is 5.34. The van der Waals surface area contributed by atoms with Crippen molar-refractivity contribution >= 4 is 5.91 Å². The van der Waals surface area contributed by atoms with Crippen LogP contribution in [-0.2, 0) is 9.53 Å². The van der Waals surface area contributed by atoms with Crippen molar-refractivity contribution in [1.82, 2.24) is 5.32 Å². The van der Waals surface area contributed by atoms with E-state index in [-0.39, 0.29) is 18.1 Å². The zero-order valence-corrected chi connectivity index (χ0v) is 9.87. The molecule has 0 aromatic rings. The number of hydrogen-bond donors (Lipinski definition) is 2. The van der Waals surface area contributed by atoms with Gasteiger partial charge in [0.25, 0.3) is 0 Å². The van der Waals surface area contributed by atoms with Gasteiger partial charge in [0.1, 0.15) is 6.10 Å². The molecule has 1 saturated carbocycles. The van der Waals surface area contributed by atoms with Crippen LogP contribution in [0.25, 0.3) is 0 Å². The lowest BCUT2D eigenvalue weighted by molar-refractivity contribution is -0.132. The Balaban J connectivity index is 1.75. The minimum Gasteiger partial charge on any atom is -0.388 e. The van der Waals surface area contributed by atoms with E-state index in [1.54, 1.807) is 0 Å². The molecule has 2 fully saturated rings. The molecule has 2 rings (SSSR count). The number of nitrogens with one attached hydrogen (secondary N) is 1.